The van der Waals surface area contributed by atoms with Crippen molar-refractivity contribution in [2.75, 3.05) is 0 Å². The molecule has 0 fully saturated rings. The molecule has 0 heterocycles. The minimum absolute atomic E-state index is 0.333. The second-order valence-corrected chi connectivity index (χ2v) is 3.84. The van der Waals surface area contributed by atoms with Crippen LogP contribution in [0.5, 0.6) is 0 Å². The highest BCUT2D eigenvalue weighted by Gasteiger charge is 2.11. The zero-order chi connectivity index (χ0) is 8.97. The lowest BCUT2D eigenvalue weighted by Crippen LogP contribution is -2.05. The first kappa shape index (κ1) is 9.50. The summed E-state index contributed by atoms with van der Waals surface area (Å²) in [4.78, 5) is 11.1. The van der Waals surface area contributed by atoms with Gasteiger partial charge in [-0.25, -0.2) is 0 Å². The van der Waals surface area contributed by atoms with E-state index in [1.54, 1.807) is 0 Å². The van der Waals surface area contributed by atoms with Gasteiger partial charge >= 0.3 is 0 Å². The van der Waals surface area contributed by atoms with Gasteiger partial charge in [0.1, 0.15) is 0 Å². The third kappa shape index (κ3) is 2.80. The summed E-state index contributed by atoms with van der Waals surface area (Å²) in [5.74, 6) is 1.07. The van der Waals surface area contributed by atoms with Gasteiger partial charge in [-0.05, 0) is 31.3 Å². The maximum Gasteiger partial charge on any atom is 0.155 e. The maximum absolute atomic E-state index is 11.1. The summed E-state index contributed by atoms with van der Waals surface area (Å²) < 4.78 is 0. The third-order valence-corrected chi connectivity index (χ3v) is 2.59. The lowest BCUT2D eigenvalue weighted by molar-refractivity contribution is -0.115. The molecule has 0 bridgehead atoms. The van der Waals surface area contributed by atoms with Gasteiger partial charge < -0.3 is 0 Å². The molecular formula is C11H18O. The molecule has 0 amide bonds. The standard InChI is InChI=1S/C11H18O/c1-3-9(2)7-10-5-4-6-11(12)8-10/h8-9H,3-7H2,1-2H3/t9-/m1/s1. The number of hydrogen-bond acceptors (Lipinski definition) is 1. The molecule has 0 aromatic carbocycles. The molecule has 0 aliphatic heterocycles. The van der Waals surface area contributed by atoms with Crippen LogP contribution in [0.2, 0.25) is 0 Å². The Hall–Kier alpha value is -0.590. The molecule has 68 valence electrons. The van der Waals surface area contributed by atoms with Crippen LogP contribution in [-0.2, 0) is 4.79 Å². The van der Waals surface area contributed by atoms with Crippen molar-refractivity contribution in [3.8, 4) is 0 Å². The molecule has 1 rings (SSSR count). The van der Waals surface area contributed by atoms with Crippen molar-refractivity contribution in [3.63, 3.8) is 0 Å². The minimum Gasteiger partial charge on any atom is -0.295 e. The van der Waals surface area contributed by atoms with Gasteiger partial charge in [0.05, 0.1) is 0 Å². The third-order valence-electron chi connectivity index (χ3n) is 2.59. The van der Waals surface area contributed by atoms with Gasteiger partial charge in [-0.3, -0.25) is 4.79 Å². The molecule has 0 spiro atoms. The quantitative estimate of drug-likeness (QED) is 0.629. The SMILES string of the molecule is CC[C@@H](C)CC1=CC(=O)CCC1. The van der Waals surface area contributed by atoms with Gasteiger partial charge in [0.2, 0.25) is 0 Å². The fourth-order valence-corrected chi connectivity index (χ4v) is 1.61. The minimum atomic E-state index is 0.333. The molecule has 1 aliphatic carbocycles. The molecular weight excluding hydrogens is 148 g/mol. The van der Waals surface area contributed by atoms with Crippen molar-refractivity contribution in [3.05, 3.63) is 11.6 Å². The van der Waals surface area contributed by atoms with Crippen molar-refractivity contribution in [2.45, 2.75) is 46.0 Å². The first-order chi connectivity index (χ1) is 5.72. The molecule has 1 aliphatic rings. The Labute approximate surface area is 74.9 Å². The van der Waals surface area contributed by atoms with E-state index < -0.39 is 0 Å². The van der Waals surface area contributed by atoms with Crippen molar-refractivity contribution >= 4 is 5.78 Å². The van der Waals surface area contributed by atoms with E-state index in [1.165, 1.54) is 12.0 Å². The number of ketones is 1. The van der Waals surface area contributed by atoms with Crippen LogP contribution in [0.3, 0.4) is 0 Å². The first-order valence-electron chi connectivity index (χ1n) is 4.94. The van der Waals surface area contributed by atoms with Crippen molar-refractivity contribution in [2.24, 2.45) is 5.92 Å². The number of rotatable bonds is 3. The normalized spacial score (nSPS) is 20.5. The van der Waals surface area contributed by atoms with Crippen LogP contribution < -0.4 is 0 Å². The first-order valence-corrected chi connectivity index (χ1v) is 4.94. The van der Waals surface area contributed by atoms with E-state index in [2.05, 4.69) is 13.8 Å². The van der Waals surface area contributed by atoms with E-state index in [-0.39, 0.29) is 0 Å². The molecule has 12 heavy (non-hydrogen) atoms. The Kier molecular flexibility index (Phi) is 3.51. The van der Waals surface area contributed by atoms with Gasteiger partial charge in [0.15, 0.2) is 5.78 Å². The summed E-state index contributed by atoms with van der Waals surface area (Å²) in [7, 11) is 0. The average molecular weight is 166 g/mol. The van der Waals surface area contributed by atoms with Crippen molar-refractivity contribution in [1.29, 1.82) is 0 Å². The second-order valence-electron chi connectivity index (χ2n) is 3.84. The lowest BCUT2D eigenvalue weighted by Gasteiger charge is -2.15. The van der Waals surface area contributed by atoms with E-state index >= 15 is 0 Å². The summed E-state index contributed by atoms with van der Waals surface area (Å²) in [5.41, 5.74) is 1.38. The van der Waals surface area contributed by atoms with Crippen LogP contribution in [0.1, 0.15) is 46.0 Å². The van der Waals surface area contributed by atoms with Gasteiger partial charge in [-0.1, -0.05) is 25.8 Å². The Morgan fingerprint density at radius 2 is 2.25 bits per heavy atom. The number of carbonyl (C=O) groups is 1. The van der Waals surface area contributed by atoms with Gasteiger partial charge in [-0.2, -0.15) is 0 Å². The predicted octanol–water partition coefficient (Wildman–Crippen LogP) is 3.10. The predicted molar refractivity (Wildman–Crippen MR) is 51.0 cm³/mol. The van der Waals surface area contributed by atoms with E-state index in [9.17, 15) is 4.79 Å². The van der Waals surface area contributed by atoms with Crippen molar-refractivity contribution in [1.82, 2.24) is 0 Å². The molecule has 0 saturated heterocycles. The lowest BCUT2D eigenvalue weighted by atomic mass is 9.90. The summed E-state index contributed by atoms with van der Waals surface area (Å²) in [6, 6.07) is 0. The Morgan fingerprint density at radius 1 is 1.50 bits per heavy atom. The zero-order valence-corrected chi connectivity index (χ0v) is 8.10. The maximum atomic E-state index is 11.1. The molecule has 0 saturated carbocycles. The monoisotopic (exact) mass is 166 g/mol. The Morgan fingerprint density at radius 3 is 2.83 bits per heavy atom. The van der Waals surface area contributed by atoms with Gasteiger partial charge in [-0.15, -0.1) is 0 Å². The van der Waals surface area contributed by atoms with Crippen LogP contribution in [0, 0.1) is 5.92 Å². The molecule has 1 heteroatoms. The highest BCUT2D eigenvalue weighted by atomic mass is 16.1. The Bertz CT molecular complexity index is 191. The summed E-state index contributed by atoms with van der Waals surface area (Å²) in [5, 5.41) is 0. The summed E-state index contributed by atoms with van der Waals surface area (Å²) in [6.45, 7) is 4.45. The highest BCUT2D eigenvalue weighted by molar-refractivity contribution is 5.91. The average Bonchev–Trinajstić information content (AvgIpc) is 2.04. The Balaban J connectivity index is 2.45. The van der Waals surface area contributed by atoms with Crippen LogP contribution >= 0.6 is 0 Å². The molecule has 0 aromatic rings. The molecule has 0 N–H and O–H groups in total. The van der Waals surface area contributed by atoms with E-state index in [0.717, 1.165) is 31.6 Å². The largest absolute Gasteiger partial charge is 0.295 e. The number of hydrogen-bond donors (Lipinski definition) is 0. The topological polar surface area (TPSA) is 17.1 Å². The van der Waals surface area contributed by atoms with Crippen LogP contribution in [-0.4, -0.2) is 5.78 Å². The summed E-state index contributed by atoms with van der Waals surface area (Å²) in [6.07, 6.45) is 7.20. The smallest absolute Gasteiger partial charge is 0.155 e. The second kappa shape index (κ2) is 4.44. The van der Waals surface area contributed by atoms with Gasteiger partial charge in [0, 0.05) is 6.42 Å². The van der Waals surface area contributed by atoms with Crippen LogP contribution in [0.25, 0.3) is 0 Å². The van der Waals surface area contributed by atoms with Crippen molar-refractivity contribution < 1.29 is 4.79 Å². The van der Waals surface area contributed by atoms with Crippen LogP contribution in [0.15, 0.2) is 11.6 Å². The molecule has 0 aromatic heterocycles. The molecule has 1 atom stereocenters. The highest BCUT2D eigenvalue weighted by Crippen LogP contribution is 2.23. The van der Waals surface area contributed by atoms with E-state index in [1.807, 2.05) is 6.08 Å². The zero-order valence-electron chi connectivity index (χ0n) is 8.10. The van der Waals surface area contributed by atoms with E-state index in [0.29, 0.717) is 5.78 Å². The molecule has 0 unspecified atom stereocenters. The van der Waals surface area contributed by atoms with Gasteiger partial charge in [0.25, 0.3) is 0 Å². The summed E-state index contributed by atoms with van der Waals surface area (Å²) >= 11 is 0. The van der Waals surface area contributed by atoms with Crippen LogP contribution in [0.4, 0.5) is 0 Å². The fraction of sp³-hybridized carbons (Fsp3) is 0.727. The number of carbonyl (C=O) groups excluding carboxylic acids is 1. The molecule has 0 radical (unpaired) electrons. The fourth-order valence-electron chi connectivity index (χ4n) is 1.61. The molecule has 1 nitrogen and oxygen atoms in total. The van der Waals surface area contributed by atoms with E-state index in [4.69, 9.17) is 0 Å². The number of allylic oxidation sites excluding steroid dienone is 2.